The van der Waals surface area contributed by atoms with Crippen molar-refractivity contribution >= 4 is 27.5 Å². The lowest BCUT2D eigenvalue weighted by Gasteiger charge is -2.33. The van der Waals surface area contributed by atoms with Crippen molar-refractivity contribution in [3.05, 3.63) is 89.7 Å². The molecule has 0 heterocycles. The molecule has 3 aromatic rings. The van der Waals surface area contributed by atoms with Crippen LogP contribution >= 0.6 is 0 Å². The second kappa shape index (κ2) is 14.6. The summed E-state index contributed by atoms with van der Waals surface area (Å²) in [5, 5.41) is 2.84. The number of carbonyl (C=O) groups is 2. The highest BCUT2D eigenvalue weighted by molar-refractivity contribution is 7.92. The summed E-state index contributed by atoms with van der Waals surface area (Å²) in [4.78, 5) is 28.5. The summed E-state index contributed by atoms with van der Waals surface area (Å²) in [6, 6.07) is 17.6. The topological polar surface area (TPSA) is 96.0 Å². The predicted octanol–water partition coefficient (Wildman–Crippen LogP) is 5.06. The van der Waals surface area contributed by atoms with Crippen LogP contribution in [0.5, 0.6) is 5.75 Å². The van der Waals surface area contributed by atoms with Gasteiger partial charge in [-0.2, -0.15) is 0 Å². The normalized spacial score (nSPS) is 11.9. The summed E-state index contributed by atoms with van der Waals surface area (Å²) in [5.41, 5.74) is 1.84. The maximum Gasteiger partial charge on any atom is 0.264 e. The van der Waals surface area contributed by atoms with Crippen LogP contribution in [0.25, 0.3) is 0 Å². The van der Waals surface area contributed by atoms with Crippen molar-refractivity contribution < 1.29 is 27.1 Å². The van der Waals surface area contributed by atoms with Gasteiger partial charge >= 0.3 is 0 Å². The number of rotatable bonds is 14. The van der Waals surface area contributed by atoms with Gasteiger partial charge in [0.25, 0.3) is 10.0 Å². The van der Waals surface area contributed by atoms with Gasteiger partial charge in [-0.25, -0.2) is 12.8 Å². The third-order valence-corrected chi connectivity index (χ3v) is 8.31. The number of carbonyl (C=O) groups excluding carboxylic acids is 2. The number of anilines is 1. The Balaban J connectivity index is 2.03. The number of amides is 2. The Morgan fingerprint density at radius 3 is 2.12 bits per heavy atom. The molecule has 1 N–H and O–H groups in total. The Bertz CT molecular complexity index is 1400. The molecule has 220 valence electrons. The Morgan fingerprint density at radius 1 is 0.927 bits per heavy atom. The highest BCUT2D eigenvalue weighted by Crippen LogP contribution is 2.26. The minimum atomic E-state index is -4.19. The highest BCUT2D eigenvalue weighted by atomic mass is 32.2. The van der Waals surface area contributed by atoms with E-state index >= 15 is 0 Å². The Kier molecular flexibility index (Phi) is 11.3. The molecular weight excluding hydrogens is 545 g/mol. The first kappa shape index (κ1) is 31.6. The fourth-order valence-electron chi connectivity index (χ4n) is 4.31. The third kappa shape index (κ3) is 8.29. The minimum Gasteiger partial charge on any atom is -0.494 e. The van der Waals surface area contributed by atoms with Crippen molar-refractivity contribution in [1.82, 2.24) is 10.2 Å². The molecule has 41 heavy (non-hydrogen) atoms. The lowest BCUT2D eigenvalue weighted by molar-refractivity contribution is -0.140. The smallest absolute Gasteiger partial charge is 0.264 e. The van der Waals surface area contributed by atoms with E-state index in [0.29, 0.717) is 36.6 Å². The maximum atomic E-state index is 14.0. The zero-order chi connectivity index (χ0) is 30.0. The van der Waals surface area contributed by atoms with Crippen molar-refractivity contribution in [1.29, 1.82) is 0 Å². The average molecular weight is 584 g/mol. The van der Waals surface area contributed by atoms with Crippen LogP contribution in [0.15, 0.2) is 77.7 Å². The Labute approximate surface area is 242 Å². The summed E-state index contributed by atoms with van der Waals surface area (Å²) in [6.45, 7) is 7.76. The lowest BCUT2D eigenvalue weighted by atomic mass is 10.1. The van der Waals surface area contributed by atoms with Crippen LogP contribution in [0.1, 0.15) is 44.7 Å². The molecule has 3 aromatic carbocycles. The number of sulfonamides is 1. The molecule has 8 nitrogen and oxygen atoms in total. The van der Waals surface area contributed by atoms with Crippen LogP contribution in [-0.2, 0) is 26.2 Å². The standard InChI is InChI=1S/C31H38FN3O5S/c1-5-20-33-31(37)29(6-2)34(21-24-10-12-25(32)13-11-24)30(36)22-35(26-14-8-23(4)9-15-26)41(38,39)28-18-16-27(17-19-28)40-7-3/h8-19,29H,5-7,20-22H2,1-4H3,(H,33,37). The first-order valence-electron chi connectivity index (χ1n) is 13.7. The summed E-state index contributed by atoms with van der Waals surface area (Å²) in [5.74, 6) is -0.797. The van der Waals surface area contributed by atoms with Gasteiger partial charge in [0.2, 0.25) is 11.8 Å². The first-order chi connectivity index (χ1) is 19.6. The first-order valence-corrected chi connectivity index (χ1v) is 15.2. The van der Waals surface area contributed by atoms with E-state index < -0.39 is 34.3 Å². The quantitative estimate of drug-likeness (QED) is 0.286. The monoisotopic (exact) mass is 583 g/mol. The zero-order valence-electron chi connectivity index (χ0n) is 24.0. The van der Waals surface area contributed by atoms with E-state index in [2.05, 4.69) is 5.32 Å². The zero-order valence-corrected chi connectivity index (χ0v) is 24.8. The van der Waals surface area contributed by atoms with Gasteiger partial charge < -0.3 is 15.0 Å². The Hall–Kier alpha value is -3.92. The molecule has 10 heteroatoms. The summed E-state index contributed by atoms with van der Waals surface area (Å²) in [6.07, 6.45) is 1.02. The molecule has 0 aliphatic heterocycles. The second-order valence-corrected chi connectivity index (χ2v) is 11.5. The number of ether oxygens (including phenoxy) is 1. The van der Waals surface area contributed by atoms with E-state index in [1.807, 2.05) is 20.8 Å². The highest BCUT2D eigenvalue weighted by Gasteiger charge is 2.33. The number of benzene rings is 3. The fraction of sp³-hybridized carbons (Fsp3) is 0.355. The molecule has 0 saturated carbocycles. The van der Waals surface area contributed by atoms with Crippen LogP contribution < -0.4 is 14.4 Å². The van der Waals surface area contributed by atoms with E-state index in [4.69, 9.17) is 4.74 Å². The average Bonchev–Trinajstić information content (AvgIpc) is 2.96. The molecule has 0 bridgehead atoms. The fourth-order valence-corrected chi connectivity index (χ4v) is 5.73. The molecule has 0 radical (unpaired) electrons. The third-order valence-electron chi connectivity index (χ3n) is 6.52. The molecule has 0 aliphatic carbocycles. The molecule has 0 aliphatic rings. The van der Waals surface area contributed by atoms with Gasteiger partial charge in [-0.15, -0.1) is 0 Å². The van der Waals surface area contributed by atoms with Gasteiger partial charge in [0.15, 0.2) is 0 Å². The number of nitrogens with one attached hydrogen (secondary N) is 1. The van der Waals surface area contributed by atoms with Gasteiger partial charge in [0, 0.05) is 13.1 Å². The van der Waals surface area contributed by atoms with Gasteiger partial charge in [-0.05, 0) is 80.8 Å². The molecule has 0 spiro atoms. The van der Waals surface area contributed by atoms with Crippen LogP contribution in [0.3, 0.4) is 0 Å². The summed E-state index contributed by atoms with van der Waals surface area (Å²) in [7, 11) is -4.19. The van der Waals surface area contributed by atoms with Crippen molar-refractivity contribution in [3.8, 4) is 5.75 Å². The largest absolute Gasteiger partial charge is 0.494 e. The molecule has 0 saturated heterocycles. The summed E-state index contributed by atoms with van der Waals surface area (Å²) >= 11 is 0. The SMILES string of the molecule is CCCNC(=O)C(CC)N(Cc1ccc(F)cc1)C(=O)CN(c1ccc(C)cc1)S(=O)(=O)c1ccc(OCC)cc1. The van der Waals surface area contributed by atoms with Gasteiger partial charge in [0.05, 0.1) is 17.2 Å². The number of halogens is 1. The van der Waals surface area contributed by atoms with E-state index in [1.165, 1.54) is 29.2 Å². The van der Waals surface area contributed by atoms with Crippen LogP contribution in [-0.4, -0.2) is 50.9 Å². The number of nitrogens with zero attached hydrogens (tertiary/aromatic N) is 2. The van der Waals surface area contributed by atoms with Crippen molar-refractivity contribution in [2.45, 2.75) is 58.0 Å². The van der Waals surface area contributed by atoms with Gasteiger partial charge in [-0.1, -0.05) is 43.7 Å². The molecule has 1 atom stereocenters. The number of hydrogen-bond donors (Lipinski definition) is 1. The van der Waals surface area contributed by atoms with Crippen molar-refractivity contribution in [2.24, 2.45) is 0 Å². The van der Waals surface area contributed by atoms with E-state index in [9.17, 15) is 22.4 Å². The molecule has 0 aromatic heterocycles. The lowest BCUT2D eigenvalue weighted by Crippen LogP contribution is -2.52. The maximum absolute atomic E-state index is 14.0. The van der Waals surface area contributed by atoms with Crippen LogP contribution in [0, 0.1) is 12.7 Å². The number of hydrogen-bond acceptors (Lipinski definition) is 5. The molecule has 0 fully saturated rings. The van der Waals surface area contributed by atoms with Crippen LogP contribution in [0.4, 0.5) is 10.1 Å². The van der Waals surface area contributed by atoms with E-state index in [1.54, 1.807) is 55.5 Å². The predicted molar refractivity (Wildman–Crippen MR) is 158 cm³/mol. The second-order valence-electron chi connectivity index (χ2n) is 9.61. The van der Waals surface area contributed by atoms with Gasteiger partial charge in [-0.3, -0.25) is 13.9 Å². The minimum absolute atomic E-state index is 0.00199. The number of aryl methyl sites for hydroxylation is 1. The molecule has 1 unspecified atom stereocenters. The molecular formula is C31H38FN3O5S. The van der Waals surface area contributed by atoms with Crippen molar-refractivity contribution in [2.75, 3.05) is 24.0 Å². The van der Waals surface area contributed by atoms with E-state index in [0.717, 1.165) is 16.3 Å². The van der Waals surface area contributed by atoms with Gasteiger partial charge in [0.1, 0.15) is 24.2 Å². The van der Waals surface area contributed by atoms with E-state index in [-0.39, 0.29) is 17.3 Å². The Morgan fingerprint density at radius 2 is 1.56 bits per heavy atom. The van der Waals surface area contributed by atoms with Crippen LogP contribution in [0.2, 0.25) is 0 Å². The molecule has 2 amide bonds. The summed E-state index contributed by atoms with van der Waals surface area (Å²) < 4.78 is 48.0. The van der Waals surface area contributed by atoms with Crippen molar-refractivity contribution in [3.63, 3.8) is 0 Å². The molecule has 3 rings (SSSR count).